The summed E-state index contributed by atoms with van der Waals surface area (Å²) in [6.07, 6.45) is 4.66. The highest BCUT2D eigenvalue weighted by atomic mass is 32.2. The lowest BCUT2D eigenvalue weighted by Crippen LogP contribution is -2.52. The van der Waals surface area contributed by atoms with Gasteiger partial charge in [-0.2, -0.15) is 5.10 Å². The Morgan fingerprint density at radius 1 is 0.925 bits per heavy atom. The van der Waals surface area contributed by atoms with E-state index in [1.54, 1.807) is 16.7 Å². The van der Waals surface area contributed by atoms with Crippen molar-refractivity contribution in [2.24, 2.45) is 11.7 Å². The Hall–Kier alpha value is -5.14. The van der Waals surface area contributed by atoms with Crippen molar-refractivity contribution >= 4 is 41.2 Å². The number of piperidine rings is 2. The zero-order valence-electron chi connectivity index (χ0n) is 29.5. The molecule has 5 heterocycles. The minimum atomic E-state index is -0.608. The first kappa shape index (κ1) is 34.9. The van der Waals surface area contributed by atoms with E-state index in [2.05, 4.69) is 21.6 Å². The molecular formula is C40H43N7O5S. The van der Waals surface area contributed by atoms with Gasteiger partial charge < -0.3 is 25.6 Å². The van der Waals surface area contributed by atoms with E-state index in [4.69, 9.17) is 15.6 Å². The highest BCUT2D eigenvalue weighted by Gasteiger charge is 2.40. The number of hydrogen-bond donors (Lipinski definition) is 3. The molecule has 0 aliphatic carbocycles. The van der Waals surface area contributed by atoms with E-state index < -0.39 is 11.9 Å². The van der Waals surface area contributed by atoms with Crippen LogP contribution >= 0.6 is 11.8 Å². The number of nitrogens with zero attached hydrogens (tertiary/aromatic N) is 4. The predicted molar refractivity (Wildman–Crippen MR) is 202 cm³/mol. The summed E-state index contributed by atoms with van der Waals surface area (Å²) in [6, 6.07) is 22.6. The van der Waals surface area contributed by atoms with Crippen molar-refractivity contribution in [2.75, 3.05) is 37.2 Å². The zero-order valence-corrected chi connectivity index (χ0v) is 30.3. The van der Waals surface area contributed by atoms with Crippen molar-refractivity contribution in [1.82, 2.24) is 24.9 Å². The van der Waals surface area contributed by atoms with Gasteiger partial charge in [0.15, 0.2) is 0 Å². The Bertz CT molecular complexity index is 2030. The van der Waals surface area contributed by atoms with Crippen LogP contribution in [0, 0.1) is 5.92 Å². The Balaban J connectivity index is 0.859. The lowest BCUT2D eigenvalue weighted by molar-refractivity contribution is -0.136. The molecule has 274 valence electrons. The number of hydrogen-bond acceptors (Lipinski definition) is 9. The number of likely N-dealkylation sites (tertiary alicyclic amines) is 1. The zero-order chi connectivity index (χ0) is 36.5. The topological polar surface area (TPSA) is 152 Å². The fourth-order valence-corrected chi connectivity index (χ4v) is 9.22. The van der Waals surface area contributed by atoms with Crippen LogP contribution in [0.4, 0.5) is 5.82 Å². The van der Waals surface area contributed by atoms with Gasteiger partial charge in [0.2, 0.25) is 11.8 Å². The van der Waals surface area contributed by atoms with Gasteiger partial charge in [-0.1, -0.05) is 24.3 Å². The van der Waals surface area contributed by atoms with Crippen LogP contribution in [-0.4, -0.2) is 81.2 Å². The molecule has 1 aromatic heterocycles. The molecule has 2 fully saturated rings. The molecular weight excluding hydrogens is 691 g/mol. The molecule has 0 saturated carbocycles. The second kappa shape index (κ2) is 15.1. The molecule has 2 unspecified atom stereocenters. The smallest absolute Gasteiger partial charge is 0.255 e. The van der Waals surface area contributed by atoms with Crippen LogP contribution in [0.15, 0.2) is 77.7 Å². The second-order valence-electron chi connectivity index (χ2n) is 14.2. The maximum Gasteiger partial charge on any atom is 0.255 e. The summed E-state index contributed by atoms with van der Waals surface area (Å²) >= 11 is 1.76. The summed E-state index contributed by atoms with van der Waals surface area (Å²) in [5.41, 5.74) is 9.42. The molecule has 0 spiro atoms. The molecule has 2 atom stereocenters. The average molecular weight is 734 g/mol. The van der Waals surface area contributed by atoms with Gasteiger partial charge in [-0.05, 0) is 118 Å². The van der Waals surface area contributed by atoms with Crippen molar-refractivity contribution in [2.45, 2.75) is 62.0 Å². The first-order chi connectivity index (χ1) is 25.8. The molecule has 2 saturated heterocycles. The normalized spacial score (nSPS) is 20.5. The van der Waals surface area contributed by atoms with E-state index in [9.17, 15) is 19.2 Å². The molecule has 13 heteroatoms. The molecule has 4 aromatic rings. The Kier molecular flexibility index (Phi) is 9.93. The molecule has 8 rings (SSSR count). The predicted octanol–water partition coefficient (Wildman–Crippen LogP) is 5.45. The fourth-order valence-electron chi connectivity index (χ4n) is 8.20. The van der Waals surface area contributed by atoms with Crippen LogP contribution in [0.5, 0.6) is 11.5 Å². The van der Waals surface area contributed by atoms with Crippen molar-refractivity contribution in [3.05, 3.63) is 89.5 Å². The summed E-state index contributed by atoms with van der Waals surface area (Å²) in [6.45, 7) is 4.16. The van der Waals surface area contributed by atoms with E-state index >= 15 is 0 Å². The number of para-hydroxylation sites is 1. The molecule has 0 radical (unpaired) electrons. The summed E-state index contributed by atoms with van der Waals surface area (Å²) in [4.78, 5) is 55.4. The van der Waals surface area contributed by atoms with Crippen molar-refractivity contribution in [3.8, 4) is 22.8 Å². The number of aromatic nitrogens is 2. The number of amides is 4. The number of carbonyl (C=O) groups excluding carboxylic acids is 4. The van der Waals surface area contributed by atoms with Gasteiger partial charge >= 0.3 is 0 Å². The van der Waals surface area contributed by atoms with E-state index in [0.717, 1.165) is 79.4 Å². The number of primary amides is 1. The van der Waals surface area contributed by atoms with Crippen LogP contribution in [0.25, 0.3) is 11.3 Å². The highest BCUT2D eigenvalue weighted by Crippen LogP contribution is 2.41. The number of nitrogens with one attached hydrogen (secondary N) is 2. The molecule has 12 nitrogen and oxygen atoms in total. The molecule has 4 aliphatic rings. The van der Waals surface area contributed by atoms with Crippen LogP contribution in [-0.2, 0) is 16.1 Å². The van der Waals surface area contributed by atoms with Crippen molar-refractivity contribution in [3.63, 3.8) is 0 Å². The lowest BCUT2D eigenvalue weighted by atomic mass is 9.87. The quantitative estimate of drug-likeness (QED) is 0.104. The van der Waals surface area contributed by atoms with Crippen LogP contribution in [0.3, 0.4) is 0 Å². The van der Waals surface area contributed by atoms with Crippen LogP contribution < -0.4 is 21.1 Å². The summed E-state index contributed by atoms with van der Waals surface area (Å²) < 4.78 is 7.99. The molecule has 4 amide bonds. The maximum absolute atomic E-state index is 13.2. The van der Waals surface area contributed by atoms with Gasteiger partial charge in [-0.3, -0.25) is 24.5 Å². The van der Waals surface area contributed by atoms with E-state index in [0.29, 0.717) is 47.3 Å². The number of ether oxygens (including phenoxy) is 1. The molecule has 53 heavy (non-hydrogen) atoms. The molecule has 4 aliphatic heterocycles. The minimum Gasteiger partial charge on any atom is -0.457 e. The molecule has 3 aromatic carbocycles. The van der Waals surface area contributed by atoms with E-state index in [1.165, 1.54) is 0 Å². The minimum absolute atomic E-state index is 0.138. The van der Waals surface area contributed by atoms with Gasteiger partial charge in [-0.15, -0.1) is 11.8 Å². The van der Waals surface area contributed by atoms with Crippen molar-refractivity contribution in [1.29, 1.82) is 0 Å². The lowest BCUT2D eigenvalue weighted by Gasteiger charge is -2.38. The Labute approximate surface area is 312 Å². The van der Waals surface area contributed by atoms with Gasteiger partial charge in [0.25, 0.3) is 11.8 Å². The monoisotopic (exact) mass is 733 g/mol. The number of fused-ring (bicyclic) bond motifs is 2. The largest absolute Gasteiger partial charge is 0.457 e. The summed E-state index contributed by atoms with van der Waals surface area (Å²) in [7, 11) is 0. The van der Waals surface area contributed by atoms with Gasteiger partial charge in [0.1, 0.15) is 34.6 Å². The van der Waals surface area contributed by atoms with Crippen molar-refractivity contribution < 1.29 is 23.9 Å². The number of rotatable bonds is 11. The van der Waals surface area contributed by atoms with Gasteiger partial charge in [0.05, 0.1) is 6.04 Å². The first-order valence-electron chi connectivity index (χ1n) is 18.5. The van der Waals surface area contributed by atoms with Crippen LogP contribution in [0.2, 0.25) is 0 Å². The Morgan fingerprint density at radius 2 is 1.70 bits per heavy atom. The van der Waals surface area contributed by atoms with Crippen LogP contribution in [0.1, 0.15) is 70.8 Å². The third kappa shape index (κ3) is 7.15. The first-order valence-corrected chi connectivity index (χ1v) is 19.4. The van der Waals surface area contributed by atoms with Gasteiger partial charge in [0, 0.05) is 35.5 Å². The Morgan fingerprint density at radius 3 is 2.45 bits per heavy atom. The van der Waals surface area contributed by atoms with Gasteiger partial charge in [-0.25, -0.2) is 4.68 Å². The number of thioether (sulfide) groups is 1. The summed E-state index contributed by atoms with van der Waals surface area (Å²) in [5.74, 6) is 2.22. The molecule has 0 bridgehead atoms. The number of nitrogens with two attached hydrogens (primary N) is 1. The fraction of sp³-hybridized carbons (Fsp3) is 0.375. The number of anilines is 1. The average Bonchev–Trinajstić information content (AvgIpc) is 3.73. The highest BCUT2D eigenvalue weighted by molar-refractivity contribution is 7.99. The maximum atomic E-state index is 13.2. The number of benzene rings is 3. The second-order valence-corrected chi connectivity index (χ2v) is 15.3. The standard InChI is InChI=1S/C40H43N7O5S/c41-37(49)35-36(26-10-12-28(13-11-26)52-27-6-2-1-3-7-27)44-47-31(16-19-42-38(35)47)25-17-21-45(22-18-25)20-5-23-53-33-9-4-8-29-30(33)24-46(40(29)51)32-14-15-34(48)43-39(32)50/h1-4,6-13,25,31-32,42H,5,14-24H2,(H2,41,49)(H,43,48,50). The van der Waals surface area contributed by atoms with E-state index in [1.807, 2.05) is 71.4 Å². The number of carbonyl (C=O) groups is 4. The van der Waals surface area contributed by atoms with E-state index in [-0.39, 0.29) is 30.2 Å². The summed E-state index contributed by atoms with van der Waals surface area (Å²) in [5, 5.41) is 10.8. The third-order valence-electron chi connectivity index (χ3n) is 10.9. The third-order valence-corrected chi connectivity index (χ3v) is 12.1. The SMILES string of the molecule is NC(=O)c1c(-c2ccc(Oc3ccccc3)cc2)nn2c1NCCC2C1CCN(CCCSc2cccc3c2CN(C2CCC(=O)NC2=O)C3=O)CC1. The molecule has 4 N–H and O–H groups in total. The number of imide groups is 1.